The summed E-state index contributed by atoms with van der Waals surface area (Å²) in [6.45, 7) is 2.48. The van der Waals surface area contributed by atoms with Crippen LogP contribution in [0.15, 0.2) is 36.4 Å². The van der Waals surface area contributed by atoms with Crippen LogP contribution in [-0.4, -0.2) is 4.98 Å². The third-order valence-electron chi connectivity index (χ3n) is 2.51. The summed E-state index contributed by atoms with van der Waals surface area (Å²) in [6.07, 6.45) is 0. The van der Waals surface area contributed by atoms with Crippen molar-refractivity contribution >= 4 is 34.2 Å². The van der Waals surface area contributed by atoms with Gasteiger partial charge in [0.15, 0.2) is 0 Å². The number of aromatic nitrogens is 1. The smallest absolute Gasteiger partial charge is 0.142 e. The van der Waals surface area contributed by atoms with Gasteiger partial charge in [-0.15, -0.1) is 11.6 Å². The van der Waals surface area contributed by atoms with Crippen molar-refractivity contribution in [3.63, 3.8) is 0 Å². The molecule has 1 aromatic carbocycles. The van der Waals surface area contributed by atoms with Crippen molar-refractivity contribution in [2.45, 2.75) is 19.4 Å². The fraction of sp³-hybridized carbons (Fsp3) is 0.214. The molecule has 0 atom stereocenters. The molecule has 18 heavy (non-hydrogen) atoms. The molecule has 0 saturated carbocycles. The Hall–Kier alpha value is -0.810. The van der Waals surface area contributed by atoms with E-state index in [1.807, 2.05) is 19.1 Å². The van der Waals surface area contributed by atoms with Gasteiger partial charge in [0.05, 0.1) is 11.6 Å². The number of nitrogens with zero attached hydrogens (tertiary/aromatic N) is 1. The zero-order valence-electron chi connectivity index (χ0n) is 9.99. The molecule has 2 nitrogen and oxygen atoms in total. The number of pyridine rings is 1. The van der Waals surface area contributed by atoms with E-state index in [9.17, 15) is 0 Å². The van der Waals surface area contributed by atoms with Crippen molar-refractivity contribution in [1.29, 1.82) is 0 Å². The molecule has 0 unspecified atom stereocenters. The second-order valence-electron chi connectivity index (χ2n) is 3.95. The minimum absolute atomic E-state index is 0.365. The number of ether oxygens (including phenoxy) is 1. The molecule has 0 N–H and O–H groups in total. The van der Waals surface area contributed by atoms with E-state index in [1.54, 1.807) is 0 Å². The quantitative estimate of drug-likeness (QED) is 0.588. The summed E-state index contributed by atoms with van der Waals surface area (Å²) >= 11 is 8.15. The van der Waals surface area contributed by atoms with Crippen LogP contribution in [0.3, 0.4) is 0 Å². The summed E-state index contributed by atoms with van der Waals surface area (Å²) in [4.78, 5) is 4.36. The van der Waals surface area contributed by atoms with E-state index in [4.69, 9.17) is 16.3 Å². The molecule has 0 aliphatic rings. The van der Waals surface area contributed by atoms with Crippen molar-refractivity contribution in [3.8, 4) is 5.75 Å². The van der Waals surface area contributed by atoms with Gasteiger partial charge in [-0.1, -0.05) is 12.1 Å². The summed E-state index contributed by atoms with van der Waals surface area (Å²) in [7, 11) is 0. The van der Waals surface area contributed by atoms with E-state index >= 15 is 0 Å². The van der Waals surface area contributed by atoms with Crippen LogP contribution < -0.4 is 4.74 Å². The van der Waals surface area contributed by atoms with Crippen LogP contribution in [0, 0.1) is 10.5 Å². The monoisotopic (exact) mass is 373 g/mol. The van der Waals surface area contributed by atoms with E-state index in [-0.39, 0.29) is 0 Å². The molecule has 0 amide bonds. The topological polar surface area (TPSA) is 22.1 Å². The Kier molecular flexibility index (Phi) is 4.83. The molecule has 2 aromatic rings. The lowest BCUT2D eigenvalue weighted by molar-refractivity contribution is 0.302. The zero-order valence-corrected chi connectivity index (χ0v) is 12.9. The maximum Gasteiger partial charge on any atom is 0.142 e. The molecule has 1 aromatic heterocycles. The Morgan fingerprint density at radius 3 is 2.56 bits per heavy atom. The largest absolute Gasteiger partial charge is 0.487 e. The molecule has 94 valence electrons. The number of hydrogen-bond donors (Lipinski definition) is 0. The summed E-state index contributed by atoms with van der Waals surface area (Å²) in [5.74, 6) is 1.12. The molecule has 0 aliphatic carbocycles. The first-order valence-electron chi connectivity index (χ1n) is 5.59. The first-order chi connectivity index (χ1) is 8.69. The third-order valence-corrected chi connectivity index (χ3v) is 3.48. The van der Waals surface area contributed by atoms with Crippen molar-refractivity contribution in [1.82, 2.24) is 4.98 Å². The van der Waals surface area contributed by atoms with Gasteiger partial charge in [0.2, 0.25) is 0 Å². The molecular formula is C14H13ClINO. The van der Waals surface area contributed by atoms with Gasteiger partial charge in [-0.05, 0) is 59.3 Å². The Morgan fingerprint density at radius 1 is 1.17 bits per heavy atom. The van der Waals surface area contributed by atoms with Crippen LogP contribution in [0.1, 0.15) is 17.0 Å². The summed E-state index contributed by atoms with van der Waals surface area (Å²) < 4.78 is 6.98. The number of aryl methyl sites for hydroxylation is 1. The van der Waals surface area contributed by atoms with Crippen LogP contribution in [-0.2, 0) is 12.5 Å². The number of rotatable bonds is 4. The summed E-state index contributed by atoms with van der Waals surface area (Å²) in [5.41, 5.74) is 2.88. The normalized spacial score (nSPS) is 10.4. The molecule has 0 radical (unpaired) electrons. The van der Waals surface area contributed by atoms with Gasteiger partial charge in [-0.2, -0.15) is 0 Å². The average Bonchev–Trinajstić information content (AvgIpc) is 2.39. The minimum Gasteiger partial charge on any atom is -0.487 e. The molecule has 0 fully saturated rings. The van der Waals surface area contributed by atoms with Gasteiger partial charge in [0, 0.05) is 9.26 Å². The lowest BCUT2D eigenvalue weighted by atomic mass is 10.2. The summed E-state index contributed by atoms with van der Waals surface area (Å²) in [5, 5.41) is 0. The molecule has 0 aliphatic heterocycles. The van der Waals surface area contributed by atoms with Crippen LogP contribution in [0.2, 0.25) is 0 Å². The highest BCUT2D eigenvalue weighted by Gasteiger charge is 2.05. The number of alkyl halides is 1. The lowest BCUT2D eigenvalue weighted by Crippen LogP contribution is -2.00. The zero-order chi connectivity index (χ0) is 13.0. The van der Waals surface area contributed by atoms with Crippen LogP contribution in [0.5, 0.6) is 5.75 Å². The SMILES string of the molecule is Cc1ccc(OCc2ccc(I)cc2)c(CCl)n1. The fourth-order valence-electron chi connectivity index (χ4n) is 1.57. The second kappa shape index (κ2) is 6.38. The first-order valence-corrected chi connectivity index (χ1v) is 7.20. The maximum absolute atomic E-state index is 5.86. The Morgan fingerprint density at radius 2 is 1.89 bits per heavy atom. The van der Waals surface area contributed by atoms with E-state index in [1.165, 1.54) is 3.57 Å². The van der Waals surface area contributed by atoms with Crippen LogP contribution in [0.4, 0.5) is 0 Å². The van der Waals surface area contributed by atoms with Crippen molar-refractivity contribution < 1.29 is 4.74 Å². The number of halogens is 2. The van der Waals surface area contributed by atoms with E-state index < -0.39 is 0 Å². The van der Waals surface area contributed by atoms with Crippen molar-refractivity contribution in [3.05, 3.63) is 56.9 Å². The van der Waals surface area contributed by atoms with Gasteiger partial charge in [-0.25, -0.2) is 0 Å². The molecular weight excluding hydrogens is 361 g/mol. The molecule has 4 heteroatoms. The Bertz CT molecular complexity index is 528. The van der Waals surface area contributed by atoms with Gasteiger partial charge < -0.3 is 4.74 Å². The molecule has 2 rings (SSSR count). The van der Waals surface area contributed by atoms with Gasteiger partial charge in [0.25, 0.3) is 0 Å². The van der Waals surface area contributed by atoms with E-state index in [0.717, 1.165) is 22.7 Å². The Balaban J connectivity index is 2.08. The van der Waals surface area contributed by atoms with Gasteiger partial charge in [0.1, 0.15) is 12.4 Å². The van der Waals surface area contributed by atoms with E-state index in [0.29, 0.717) is 12.5 Å². The summed E-state index contributed by atoms with van der Waals surface area (Å²) in [6, 6.07) is 12.1. The van der Waals surface area contributed by atoms with Crippen molar-refractivity contribution in [2.75, 3.05) is 0 Å². The maximum atomic E-state index is 5.86. The van der Waals surface area contributed by atoms with E-state index in [2.05, 4.69) is 51.8 Å². The predicted octanol–water partition coefficient (Wildman–Crippen LogP) is 4.31. The van der Waals surface area contributed by atoms with Crippen molar-refractivity contribution in [2.24, 2.45) is 0 Å². The lowest BCUT2D eigenvalue weighted by Gasteiger charge is -2.10. The molecule has 1 heterocycles. The molecule has 0 bridgehead atoms. The molecule has 0 saturated heterocycles. The standard InChI is InChI=1S/C14H13ClINO/c1-10-2-7-14(13(8-15)17-10)18-9-11-3-5-12(16)6-4-11/h2-7H,8-9H2,1H3. The van der Waals surface area contributed by atoms with Gasteiger partial charge >= 0.3 is 0 Å². The highest BCUT2D eigenvalue weighted by atomic mass is 127. The van der Waals surface area contributed by atoms with Crippen LogP contribution >= 0.6 is 34.2 Å². The highest BCUT2D eigenvalue weighted by Crippen LogP contribution is 2.20. The molecule has 0 spiro atoms. The third kappa shape index (κ3) is 3.59. The number of benzene rings is 1. The average molecular weight is 374 g/mol. The van der Waals surface area contributed by atoms with Crippen LogP contribution in [0.25, 0.3) is 0 Å². The van der Waals surface area contributed by atoms with Gasteiger partial charge in [-0.3, -0.25) is 4.98 Å². The second-order valence-corrected chi connectivity index (χ2v) is 5.46. The fourth-order valence-corrected chi connectivity index (χ4v) is 2.12. The first kappa shape index (κ1) is 13.6. The highest BCUT2D eigenvalue weighted by molar-refractivity contribution is 14.1. The minimum atomic E-state index is 0.365. The Labute approximate surface area is 125 Å². The number of hydrogen-bond acceptors (Lipinski definition) is 2. The predicted molar refractivity (Wildman–Crippen MR) is 82.0 cm³/mol.